The fourth-order valence-corrected chi connectivity index (χ4v) is 3.05. The number of halogens is 1. The lowest BCUT2D eigenvalue weighted by Gasteiger charge is -2.32. The normalized spacial score (nSPS) is 19.2. The lowest BCUT2D eigenvalue weighted by molar-refractivity contribution is -0.126. The van der Waals surface area contributed by atoms with Crippen LogP contribution in [0.25, 0.3) is 0 Å². The van der Waals surface area contributed by atoms with Crippen molar-refractivity contribution in [3.05, 3.63) is 34.3 Å². The number of nitrogens with two attached hydrogens (primary N) is 1. The molecule has 1 fully saturated rings. The van der Waals surface area contributed by atoms with Crippen molar-refractivity contribution in [2.75, 3.05) is 20.1 Å². The number of carbonyl (C=O) groups excluding carboxylic acids is 1. The molecule has 1 aliphatic heterocycles. The predicted molar refractivity (Wildman–Crippen MR) is 89.4 cm³/mol. The summed E-state index contributed by atoms with van der Waals surface area (Å²) in [6.45, 7) is 2.50. The number of hydrogen-bond donors (Lipinski definition) is 2. The van der Waals surface area contributed by atoms with Crippen molar-refractivity contribution in [1.29, 1.82) is 0 Å². The Morgan fingerprint density at radius 1 is 1.57 bits per heavy atom. The maximum Gasteiger partial charge on any atom is 0.224 e. The van der Waals surface area contributed by atoms with Crippen LogP contribution in [0.1, 0.15) is 24.0 Å². The molecule has 1 aromatic rings. The monoisotopic (exact) mass is 325 g/mol. The van der Waals surface area contributed by atoms with Gasteiger partial charge in [-0.05, 0) is 31.0 Å². The number of piperidine rings is 1. The van der Waals surface area contributed by atoms with Gasteiger partial charge >= 0.3 is 0 Å². The van der Waals surface area contributed by atoms with E-state index in [1.807, 2.05) is 12.1 Å². The third-order valence-corrected chi connectivity index (χ3v) is 4.44. The van der Waals surface area contributed by atoms with Gasteiger partial charge in [0.15, 0.2) is 0 Å². The summed E-state index contributed by atoms with van der Waals surface area (Å²) in [6.07, 6.45) is 1.98. The molecule has 1 heterocycles. The summed E-state index contributed by atoms with van der Waals surface area (Å²) >= 11 is 11.2. The van der Waals surface area contributed by atoms with Gasteiger partial charge in [0.05, 0.1) is 5.92 Å². The van der Waals surface area contributed by atoms with Crippen LogP contribution in [0.15, 0.2) is 18.2 Å². The van der Waals surface area contributed by atoms with Crippen LogP contribution in [-0.4, -0.2) is 35.9 Å². The van der Waals surface area contributed by atoms with E-state index < -0.39 is 0 Å². The van der Waals surface area contributed by atoms with E-state index in [0.717, 1.165) is 43.6 Å². The van der Waals surface area contributed by atoms with Crippen LogP contribution in [0.4, 0.5) is 0 Å². The summed E-state index contributed by atoms with van der Waals surface area (Å²) in [6, 6.07) is 5.66. The zero-order valence-corrected chi connectivity index (χ0v) is 13.6. The number of benzene rings is 1. The number of carbonyl (C=O) groups is 1. The molecule has 114 valence electrons. The van der Waals surface area contributed by atoms with Crippen molar-refractivity contribution >= 4 is 34.7 Å². The molecule has 0 aliphatic carbocycles. The quantitative estimate of drug-likeness (QED) is 0.831. The Morgan fingerprint density at radius 2 is 2.33 bits per heavy atom. The number of nitrogens with one attached hydrogen (secondary N) is 1. The second-order valence-corrected chi connectivity index (χ2v) is 6.21. The summed E-state index contributed by atoms with van der Waals surface area (Å²) in [5, 5.41) is 3.40. The molecule has 0 radical (unpaired) electrons. The van der Waals surface area contributed by atoms with Crippen molar-refractivity contribution in [3.8, 4) is 0 Å². The summed E-state index contributed by atoms with van der Waals surface area (Å²) in [7, 11) is 1.69. The predicted octanol–water partition coefficient (Wildman–Crippen LogP) is 1.93. The first-order valence-electron chi connectivity index (χ1n) is 7.03. The largest absolute Gasteiger partial charge is 0.389 e. The summed E-state index contributed by atoms with van der Waals surface area (Å²) in [5.41, 5.74) is 7.42. The lowest BCUT2D eigenvalue weighted by atomic mass is 9.96. The van der Waals surface area contributed by atoms with Crippen molar-refractivity contribution in [1.82, 2.24) is 10.2 Å². The molecule has 1 unspecified atom stereocenters. The Bertz CT molecular complexity index is 550. The molecule has 1 aliphatic rings. The number of amides is 1. The Morgan fingerprint density at radius 3 is 2.95 bits per heavy atom. The van der Waals surface area contributed by atoms with Crippen LogP contribution in [-0.2, 0) is 11.3 Å². The first-order valence-corrected chi connectivity index (χ1v) is 7.82. The number of hydrogen-bond acceptors (Lipinski definition) is 3. The zero-order chi connectivity index (χ0) is 15.4. The minimum absolute atomic E-state index is 0.0680. The number of nitrogens with zero attached hydrogens (tertiary/aromatic N) is 1. The highest BCUT2D eigenvalue weighted by molar-refractivity contribution is 7.80. The number of likely N-dealkylation sites (tertiary alicyclic amines) is 1. The van der Waals surface area contributed by atoms with Gasteiger partial charge in [-0.1, -0.05) is 36.0 Å². The van der Waals surface area contributed by atoms with Gasteiger partial charge in [-0.15, -0.1) is 0 Å². The fraction of sp³-hybridized carbons (Fsp3) is 0.467. The SMILES string of the molecule is CNC(=O)C1CCCN(Cc2ccc(C(N)=S)cc2Cl)C1. The highest BCUT2D eigenvalue weighted by atomic mass is 35.5. The van der Waals surface area contributed by atoms with Crippen molar-refractivity contribution < 1.29 is 4.79 Å². The molecule has 2 rings (SSSR count). The summed E-state index contributed by atoms with van der Waals surface area (Å²) in [5.74, 6) is 0.188. The molecule has 1 amide bonds. The first-order chi connectivity index (χ1) is 10.0. The molecule has 21 heavy (non-hydrogen) atoms. The molecule has 4 nitrogen and oxygen atoms in total. The van der Waals surface area contributed by atoms with Crippen LogP contribution in [0, 0.1) is 5.92 Å². The van der Waals surface area contributed by atoms with Crippen molar-refractivity contribution in [3.63, 3.8) is 0 Å². The van der Waals surface area contributed by atoms with E-state index in [1.165, 1.54) is 0 Å². The number of rotatable bonds is 4. The van der Waals surface area contributed by atoms with Crippen LogP contribution in [0.2, 0.25) is 5.02 Å². The second kappa shape index (κ2) is 7.20. The lowest BCUT2D eigenvalue weighted by Crippen LogP contribution is -2.41. The minimum atomic E-state index is 0.0680. The minimum Gasteiger partial charge on any atom is -0.389 e. The molecule has 6 heteroatoms. The average Bonchev–Trinajstić information content (AvgIpc) is 2.48. The van der Waals surface area contributed by atoms with Gasteiger partial charge in [-0.3, -0.25) is 9.69 Å². The van der Waals surface area contributed by atoms with Crippen LogP contribution in [0.3, 0.4) is 0 Å². The molecule has 1 aromatic carbocycles. The zero-order valence-electron chi connectivity index (χ0n) is 12.1. The average molecular weight is 326 g/mol. The molecule has 1 atom stereocenters. The fourth-order valence-electron chi connectivity index (χ4n) is 2.69. The Labute approximate surface area is 135 Å². The third kappa shape index (κ3) is 4.15. The Hall–Kier alpha value is -1.17. The Kier molecular flexibility index (Phi) is 5.56. The van der Waals surface area contributed by atoms with Gasteiger partial charge in [0.2, 0.25) is 5.91 Å². The summed E-state index contributed by atoms with van der Waals surface area (Å²) < 4.78 is 0. The number of thiocarbonyl (C=S) groups is 1. The third-order valence-electron chi connectivity index (χ3n) is 3.85. The van der Waals surface area contributed by atoms with Gasteiger partial charge in [-0.25, -0.2) is 0 Å². The second-order valence-electron chi connectivity index (χ2n) is 5.36. The standard InChI is InChI=1S/C15H20ClN3OS/c1-18-15(20)12-3-2-6-19(9-12)8-11-5-4-10(14(17)21)7-13(11)16/h4-5,7,12H,2-3,6,8-9H2,1H3,(H2,17,21)(H,18,20). The molecule has 1 saturated heterocycles. The van der Waals surface area contributed by atoms with Gasteiger partial charge < -0.3 is 11.1 Å². The summed E-state index contributed by atoms with van der Waals surface area (Å²) in [4.78, 5) is 14.4. The highest BCUT2D eigenvalue weighted by Crippen LogP contribution is 2.23. The molecule has 0 spiro atoms. The van der Waals surface area contributed by atoms with Gasteiger partial charge in [0.25, 0.3) is 0 Å². The van der Waals surface area contributed by atoms with Gasteiger partial charge in [0.1, 0.15) is 4.99 Å². The van der Waals surface area contributed by atoms with Crippen LogP contribution >= 0.6 is 23.8 Å². The van der Waals surface area contributed by atoms with E-state index in [4.69, 9.17) is 29.6 Å². The van der Waals surface area contributed by atoms with Crippen molar-refractivity contribution in [2.24, 2.45) is 11.7 Å². The smallest absolute Gasteiger partial charge is 0.224 e. The molecule has 0 aromatic heterocycles. The van der Waals surface area contributed by atoms with Crippen LogP contribution in [0.5, 0.6) is 0 Å². The Balaban J connectivity index is 2.04. The topological polar surface area (TPSA) is 58.4 Å². The first kappa shape index (κ1) is 16.2. The molecule has 3 N–H and O–H groups in total. The molecule has 0 saturated carbocycles. The van der Waals surface area contributed by atoms with E-state index in [2.05, 4.69) is 10.2 Å². The van der Waals surface area contributed by atoms with Gasteiger partial charge in [-0.2, -0.15) is 0 Å². The molecule has 0 bridgehead atoms. The van der Waals surface area contributed by atoms with Crippen LogP contribution < -0.4 is 11.1 Å². The maximum atomic E-state index is 11.8. The molecular weight excluding hydrogens is 306 g/mol. The van der Waals surface area contributed by atoms with E-state index in [-0.39, 0.29) is 11.8 Å². The van der Waals surface area contributed by atoms with E-state index in [9.17, 15) is 4.79 Å². The van der Waals surface area contributed by atoms with E-state index in [0.29, 0.717) is 10.0 Å². The van der Waals surface area contributed by atoms with E-state index in [1.54, 1.807) is 13.1 Å². The highest BCUT2D eigenvalue weighted by Gasteiger charge is 2.25. The van der Waals surface area contributed by atoms with E-state index >= 15 is 0 Å². The van der Waals surface area contributed by atoms with Crippen molar-refractivity contribution in [2.45, 2.75) is 19.4 Å². The van der Waals surface area contributed by atoms with Gasteiger partial charge in [0, 0.05) is 30.7 Å². The molecular formula is C15H20ClN3OS. The maximum absolute atomic E-state index is 11.8.